The Morgan fingerprint density at radius 1 is 0.548 bits per heavy atom. The average molecular weight is 433 g/mol. The number of hydrogen-bond donors (Lipinski definition) is 0. The first-order valence-corrected chi connectivity index (χ1v) is 12.2. The first-order chi connectivity index (χ1) is 13.9. The summed E-state index contributed by atoms with van der Waals surface area (Å²) in [5, 5.41) is 0. The smallest absolute Gasteiger partial charge is 0.0276 e. The van der Waals surface area contributed by atoms with Crippen molar-refractivity contribution in [2.24, 2.45) is 11.8 Å². The second-order valence-corrected chi connectivity index (χ2v) is 10.5. The van der Waals surface area contributed by atoms with E-state index in [-0.39, 0.29) is 7.43 Å². The van der Waals surface area contributed by atoms with E-state index in [1.165, 1.54) is 24.2 Å². The molecule has 2 heterocycles. The third-order valence-electron chi connectivity index (χ3n) is 5.24. The Kier molecular flexibility index (Phi) is 16.6. The Balaban J connectivity index is 0. The van der Waals surface area contributed by atoms with Gasteiger partial charge in [-0.05, 0) is 75.6 Å². The van der Waals surface area contributed by atoms with Gasteiger partial charge in [0.15, 0.2) is 0 Å². The molecule has 0 N–H and O–H groups in total. The molecular weight excluding hydrogens is 376 g/mol. The minimum Gasteiger partial charge on any atom is -0.349 e. The third-order valence-corrected chi connectivity index (χ3v) is 5.24. The lowest BCUT2D eigenvalue weighted by Crippen LogP contribution is -2.04. The Hall–Kier alpha value is -1.44. The van der Waals surface area contributed by atoms with Gasteiger partial charge in [0.1, 0.15) is 0 Å². The molecule has 0 aliphatic rings. The monoisotopic (exact) mass is 432 g/mol. The fourth-order valence-corrected chi connectivity index (χ4v) is 3.40. The van der Waals surface area contributed by atoms with Crippen LogP contribution in [0.5, 0.6) is 0 Å². The van der Waals surface area contributed by atoms with Crippen molar-refractivity contribution in [3.8, 4) is 0 Å². The van der Waals surface area contributed by atoms with Crippen LogP contribution in [0.25, 0.3) is 0 Å². The van der Waals surface area contributed by atoms with Gasteiger partial charge in [-0.1, -0.05) is 75.7 Å². The van der Waals surface area contributed by atoms with Crippen molar-refractivity contribution in [1.29, 1.82) is 0 Å². The topological polar surface area (TPSA) is 9.86 Å². The molecule has 0 saturated heterocycles. The summed E-state index contributed by atoms with van der Waals surface area (Å²) in [4.78, 5) is 0. The second-order valence-electron chi connectivity index (χ2n) is 10.5. The molecule has 2 rings (SSSR count). The van der Waals surface area contributed by atoms with Gasteiger partial charge >= 0.3 is 0 Å². The summed E-state index contributed by atoms with van der Waals surface area (Å²) in [6.45, 7) is 26.9. The predicted molar refractivity (Wildman–Crippen MR) is 143 cm³/mol. The summed E-state index contributed by atoms with van der Waals surface area (Å²) < 4.78 is 4.65. The zero-order valence-electron chi connectivity index (χ0n) is 22.2. The van der Waals surface area contributed by atoms with Crippen LogP contribution in [-0.4, -0.2) is 9.13 Å². The molecule has 2 aromatic heterocycles. The van der Waals surface area contributed by atoms with E-state index >= 15 is 0 Å². The summed E-state index contributed by atoms with van der Waals surface area (Å²) in [6, 6.07) is 9.81. The first kappa shape index (κ1) is 31.7. The molecule has 2 aromatic rings. The van der Waals surface area contributed by atoms with E-state index in [1.54, 1.807) is 0 Å². The zero-order valence-corrected chi connectivity index (χ0v) is 22.2. The van der Waals surface area contributed by atoms with Gasteiger partial charge in [-0.3, -0.25) is 0 Å². The number of rotatable bonds is 7. The number of aromatic nitrogens is 2. The highest BCUT2D eigenvalue weighted by atomic mass is 15.0. The molecule has 0 radical (unpaired) electrons. The van der Waals surface area contributed by atoms with E-state index in [2.05, 4.69) is 129 Å². The lowest BCUT2D eigenvalue weighted by molar-refractivity contribution is 0.476. The van der Waals surface area contributed by atoms with Crippen molar-refractivity contribution in [1.82, 2.24) is 9.13 Å². The van der Waals surface area contributed by atoms with Gasteiger partial charge in [-0.15, -0.1) is 0 Å². The van der Waals surface area contributed by atoms with Crippen LogP contribution in [0.2, 0.25) is 0 Å². The van der Waals surface area contributed by atoms with Crippen LogP contribution in [0.1, 0.15) is 139 Å². The fourth-order valence-electron chi connectivity index (χ4n) is 3.40. The molecule has 2 nitrogen and oxygen atoms in total. The minimum absolute atomic E-state index is 0. The van der Waals surface area contributed by atoms with Crippen molar-refractivity contribution in [3.05, 3.63) is 48.0 Å². The summed E-state index contributed by atoms with van der Waals surface area (Å²) >= 11 is 0. The lowest BCUT2D eigenvalue weighted by Gasteiger charge is -2.14. The van der Waals surface area contributed by atoms with Crippen LogP contribution in [-0.2, 0) is 0 Å². The summed E-state index contributed by atoms with van der Waals surface area (Å²) in [6.07, 6.45) is 7.08. The van der Waals surface area contributed by atoms with Gasteiger partial charge < -0.3 is 9.13 Å². The van der Waals surface area contributed by atoms with Gasteiger partial charge in [-0.25, -0.2) is 0 Å². The van der Waals surface area contributed by atoms with E-state index in [9.17, 15) is 0 Å². The van der Waals surface area contributed by atoms with Gasteiger partial charge in [-0.2, -0.15) is 0 Å². The molecule has 182 valence electrons. The van der Waals surface area contributed by atoms with Crippen LogP contribution in [0.4, 0.5) is 0 Å². The van der Waals surface area contributed by atoms with Crippen LogP contribution in [0.15, 0.2) is 36.7 Å². The van der Waals surface area contributed by atoms with Gasteiger partial charge in [0.05, 0.1) is 0 Å². The standard InChI is InChI=1S/2C10H17N.C8H18.CH4/c2*1-8(2)10-6-5-7-11(10)9(3)4;1-7(2)5-6-8(3)4;/h2*5-9H,1-4H3;7-8H,5-6H2,1-4H3;1H4. The third kappa shape index (κ3) is 12.9. The van der Waals surface area contributed by atoms with Crippen molar-refractivity contribution < 1.29 is 0 Å². The van der Waals surface area contributed by atoms with Crippen LogP contribution < -0.4 is 0 Å². The Labute approximate surface area is 196 Å². The highest BCUT2D eigenvalue weighted by molar-refractivity contribution is 5.12. The van der Waals surface area contributed by atoms with Crippen LogP contribution >= 0.6 is 0 Å². The van der Waals surface area contributed by atoms with E-state index in [0.717, 1.165) is 11.8 Å². The molecule has 0 amide bonds. The molecule has 0 aliphatic carbocycles. The maximum Gasteiger partial charge on any atom is 0.0276 e. The molecule has 0 saturated carbocycles. The van der Waals surface area contributed by atoms with E-state index in [4.69, 9.17) is 0 Å². The molecule has 31 heavy (non-hydrogen) atoms. The molecule has 0 bridgehead atoms. The van der Waals surface area contributed by atoms with Crippen LogP contribution in [0, 0.1) is 11.8 Å². The van der Waals surface area contributed by atoms with Gasteiger partial charge in [0.25, 0.3) is 0 Å². The zero-order chi connectivity index (χ0) is 23.4. The SMILES string of the molecule is C.CC(C)CCC(C)C.CC(C)c1cccn1C(C)C.CC(C)c1cccn1C(C)C. The molecule has 0 fully saturated rings. The van der Waals surface area contributed by atoms with Crippen LogP contribution in [0.3, 0.4) is 0 Å². The van der Waals surface area contributed by atoms with Crippen molar-refractivity contribution >= 4 is 0 Å². The second kappa shape index (κ2) is 16.2. The normalized spacial score (nSPS) is 11.0. The molecule has 0 unspecified atom stereocenters. The van der Waals surface area contributed by atoms with E-state index < -0.39 is 0 Å². The molecule has 0 aliphatic heterocycles. The molecular formula is C29H56N2. The molecule has 0 atom stereocenters. The highest BCUT2D eigenvalue weighted by Gasteiger charge is 2.07. The quantitative estimate of drug-likeness (QED) is 0.412. The first-order valence-electron chi connectivity index (χ1n) is 12.2. The van der Waals surface area contributed by atoms with Gasteiger partial charge in [0.2, 0.25) is 0 Å². The Bertz CT molecular complexity index is 551. The lowest BCUT2D eigenvalue weighted by atomic mass is 10.0. The van der Waals surface area contributed by atoms with E-state index in [0.29, 0.717) is 23.9 Å². The Morgan fingerprint density at radius 2 is 0.839 bits per heavy atom. The summed E-state index contributed by atoms with van der Waals surface area (Å²) in [7, 11) is 0. The summed E-state index contributed by atoms with van der Waals surface area (Å²) in [5.41, 5.74) is 2.86. The maximum absolute atomic E-state index is 2.32. The highest BCUT2D eigenvalue weighted by Crippen LogP contribution is 2.19. The number of hydrogen-bond acceptors (Lipinski definition) is 0. The summed E-state index contributed by atoms with van der Waals surface area (Å²) in [5.74, 6) is 3.04. The Morgan fingerprint density at radius 3 is 1.00 bits per heavy atom. The van der Waals surface area contributed by atoms with Crippen molar-refractivity contribution in [2.75, 3.05) is 0 Å². The fraction of sp³-hybridized carbons (Fsp3) is 0.724. The molecule has 0 spiro atoms. The van der Waals surface area contributed by atoms with Crippen molar-refractivity contribution in [3.63, 3.8) is 0 Å². The largest absolute Gasteiger partial charge is 0.349 e. The molecule has 0 aromatic carbocycles. The average Bonchev–Trinajstić information content (AvgIpc) is 3.30. The van der Waals surface area contributed by atoms with E-state index in [1.807, 2.05) is 0 Å². The number of nitrogens with zero attached hydrogens (tertiary/aromatic N) is 2. The molecule has 2 heteroatoms. The maximum atomic E-state index is 2.32. The minimum atomic E-state index is 0. The van der Waals surface area contributed by atoms with Crippen molar-refractivity contribution in [2.45, 2.75) is 127 Å². The van der Waals surface area contributed by atoms with Gasteiger partial charge in [0, 0.05) is 35.9 Å². The predicted octanol–water partition coefficient (Wildman–Crippen LogP) is 10.1.